The fourth-order valence-corrected chi connectivity index (χ4v) is 3.87. The fourth-order valence-electron chi connectivity index (χ4n) is 3.38. The minimum Gasteiger partial charge on any atom is -0.324 e. The van der Waals surface area contributed by atoms with Gasteiger partial charge in [-0.1, -0.05) is 12.2 Å². The minimum atomic E-state index is -4.13. The van der Waals surface area contributed by atoms with Crippen molar-refractivity contribution >= 4 is 31.9 Å². The van der Waals surface area contributed by atoms with Crippen LogP contribution in [0.4, 0.5) is 8.78 Å². The van der Waals surface area contributed by atoms with Crippen LogP contribution in [0.15, 0.2) is 49.1 Å². The van der Waals surface area contributed by atoms with Crippen LogP contribution in [0.5, 0.6) is 0 Å². The smallest absolute Gasteiger partial charge is 0.324 e. The second kappa shape index (κ2) is 11.6. The summed E-state index contributed by atoms with van der Waals surface area (Å²) in [5, 5.41) is 19.1. The number of hydrogen-bond acceptors (Lipinski definition) is 3. The molecule has 2 N–H and O–H groups in total. The van der Waals surface area contributed by atoms with Gasteiger partial charge >= 0.3 is 7.60 Å². The van der Waals surface area contributed by atoms with E-state index >= 15 is 8.78 Å². The van der Waals surface area contributed by atoms with Gasteiger partial charge in [0.2, 0.25) is 0 Å². The summed E-state index contributed by atoms with van der Waals surface area (Å²) in [6.07, 6.45) is 12.0. The Bertz CT molecular complexity index is 1450. The maximum atomic E-state index is 15.3. The van der Waals surface area contributed by atoms with E-state index < -0.39 is 30.4 Å². The van der Waals surface area contributed by atoms with Gasteiger partial charge in [0.1, 0.15) is 36.5 Å². The van der Waals surface area contributed by atoms with Crippen molar-refractivity contribution in [1.82, 2.24) is 0 Å². The van der Waals surface area contributed by atoms with E-state index in [9.17, 15) is 15.1 Å². The first-order valence-electron chi connectivity index (χ1n) is 10.9. The van der Waals surface area contributed by atoms with Crippen LogP contribution in [0, 0.1) is 34.3 Å². The third kappa shape index (κ3) is 6.56. The molecule has 1 aromatic carbocycles. The molecule has 0 aliphatic heterocycles. The first-order valence-corrected chi connectivity index (χ1v) is 12.7. The number of nitrogens with zero attached hydrogens (tertiary/aromatic N) is 4. The fraction of sp³-hybridized carbons (Fsp3) is 0.154. The molecule has 0 saturated carbocycles. The molecule has 3 rings (SSSR count). The zero-order chi connectivity index (χ0) is 26.3. The van der Waals surface area contributed by atoms with Crippen molar-refractivity contribution in [3.63, 3.8) is 0 Å². The number of aromatic nitrogens is 2. The molecule has 2 aromatic heterocycles. The Morgan fingerprint density at radius 1 is 0.833 bits per heavy atom. The zero-order valence-corrected chi connectivity index (χ0v) is 20.2. The lowest BCUT2D eigenvalue weighted by atomic mass is 9.96. The molecule has 0 aliphatic rings. The highest BCUT2D eigenvalue weighted by molar-refractivity contribution is 7.51. The Balaban J connectivity index is 1.93. The van der Waals surface area contributed by atoms with Gasteiger partial charge in [0.15, 0.2) is 31.3 Å². The van der Waals surface area contributed by atoms with Gasteiger partial charge in [0.25, 0.3) is 0 Å². The van der Waals surface area contributed by atoms with Gasteiger partial charge < -0.3 is 9.79 Å². The topological polar surface area (TPSA) is 113 Å². The summed E-state index contributed by atoms with van der Waals surface area (Å²) in [7, 11) is -4.13. The standard InChI is InChI=1S/C26H21F2N4O3P/c1-2-31-11-7-19(8-12-31)3-5-21-23(17-29)26(28)22(24(18-30)25(21)27)6-4-20-9-13-32(14-10-20)15-16-36(33,34)35/h3-14H,2,15-16H2,1H3/p+2/b5-3+,6-4+. The van der Waals surface area contributed by atoms with Crippen molar-refractivity contribution in [1.29, 1.82) is 10.5 Å². The second-order valence-electron chi connectivity index (χ2n) is 7.82. The first kappa shape index (κ1) is 26.6. The minimum absolute atomic E-state index is 0.106. The van der Waals surface area contributed by atoms with Crippen LogP contribution in [0.25, 0.3) is 24.3 Å². The molecule has 0 amide bonds. The molecule has 0 bridgehead atoms. The number of rotatable bonds is 8. The summed E-state index contributed by atoms with van der Waals surface area (Å²) in [5.41, 5.74) is -0.389. The Labute approximate surface area is 207 Å². The molecule has 0 fully saturated rings. The number of pyridine rings is 2. The molecule has 0 radical (unpaired) electrons. The van der Waals surface area contributed by atoms with E-state index in [4.69, 9.17) is 9.79 Å². The number of aryl methyl sites for hydroxylation is 2. The molecule has 7 nitrogen and oxygen atoms in total. The number of nitriles is 2. The zero-order valence-electron chi connectivity index (χ0n) is 19.3. The summed E-state index contributed by atoms with van der Waals surface area (Å²) in [6, 6.07) is 10.2. The quantitative estimate of drug-likeness (QED) is 0.355. The molecule has 0 unspecified atom stereocenters. The van der Waals surface area contributed by atoms with Crippen LogP contribution < -0.4 is 9.13 Å². The summed E-state index contributed by atoms with van der Waals surface area (Å²) in [4.78, 5) is 18.0. The lowest BCUT2D eigenvalue weighted by Crippen LogP contribution is -2.34. The van der Waals surface area contributed by atoms with Crippen LogP contribution in [0.3, 0.4) is 0 Å². The molecule has 0 saturated heterocycles. The van der Waals surface area contributed by atoms with Crippen LogP contribution in [0.1, 0.15) is 40.3 Å². The summed E-state index contributed by atoms with van der Waals surface area (Å²) in [5.74, 6) is -2.00. The first-order chi connectivity index (χ1) is 17.2. The molecule has 10 heteroatoms. The van der Waals surface area contributed by atoms with Crippen LogP contribution in [-0.2, 0) is 17.7 Å². The second-order valence-corrected chi connectivity index (χ2v) is 9.59. The van der Waals surface area contributed by atoms with E-state index in [1.165, 1.54) is 18.2 Å². The predicted octanol–water partition coefficient (Wildman–Crippen LogP) is 3.82. The van der Waals surface area contributed by atoms with E-state index in [1.807, 2.05) is 23.9 Å². The number of benzene rings is 1. The molecule has 0 aliphatic carbocycles. The SMILES string of the molecule is CC[n+]1ccc(/C=C/c2c(F)c(C#N)c(/C=C/c3cc[n+](CCP(=O)(O)O)cc3)c(F)c2C#N)cc1. The number of halogens is 2. The van der Waals surface area contributed by atoms with Gasteiger partial charge in [-0.05, 0) is 30.2 Å². The van der Waals surface area contributed by atoms with E-state index in [2.05, 4.69) is 0 Å². The Morgan fingerprint density at radius 3 is 1.61 bits per heavy atom. The average molecular weight is 508 g/mol. The average Bonchev–Trinajstić information content (AvgIpc) is 2.87. The van der Waals surface area contributed by atoms with Gasteiger partial charge in [0, 0.05) is 35.4 Å². The molecule has 3 aromatic rings. The van der Waals surface area contributed by atoms with E-state index in [0.29, 0.717) is 11.1 Å². The number of hydrogen-bond donors (Lipinski definition) is 2. The highest BCUT2D eigenvalue weighted by Crippen LogP contribution is 2.33. The highest BCUT2D eigenvalue weighted by Gasteiger charge is 2.22. The maximum Gasteiger partial charge on any atom is 0.331 e. The monoisotopic (exact) mass is 508 g/mol. The van der Waals surface area contributed by atoms with E-state index in [0.717, 1.165) is 6.54 Å². The summed E-state index contributed by atoms with van der Waals surface area (Å²) in [6.45, 7) is 2.87. The normalized spacial score (nSPS) is 11.6. The summed E-state index contributed by atoms with van der Waals surface area (Å²) < 4.78 is 45.0. The van der Waals surface area contributed by atoms with Crippen LogP contribution in [-0.4, -0.2) is 15.9 Å². The van der Waals surface area contributed by atoms with E-state index in [1.54, 1.807) is 59.4 Å². The van der Waals surface area contributed by atoms with Crippen molar-refractivity contribution in [2.24, 2.45) is 0 Å². The van der Waals surface area contributed by atoms with Gasteiger partial charge in [0.05, 0.1) is 11.1 Å². The van der Waals surface area contributed by atoms with Crippen molar-refractivity contribution in [2.45, 2.75) is 20.0 Å². The highest BCUT2D eigenvalue weighted by atomic mass is 31.2. The van der Waals surface area contributed by atoms with Gasteiger partial charge in [-0.3, -0.25) is 4.57 Å². The lowest BCUT2D eigenvalue weighted by molar-refractivity contribution is -0.693. The molecule has 2 heterocycles. The van der Waals surface area contributed by atoms with Crippen molar-refractivity contribution < 1.29 is 32.3 Å². The molecule has 182 valence electrons. The molecule has 36 heavy (non-hydrogen) atoms. The largest absolute Gasteiger partial charge is 0.331 e. The van der Waals surface area contributed by atoms with Crippen molar-refractivity contribution in [3.8, 4) is 12.1 Å². The molecule has 0 spiro atoms. The molecular formula is C26H23F2N4O3P+2. The van der Waals surface area contributed by atoms with Crippen molar-refractivity contribution in [3.05, 3.63) is 94.1 Å². The third-order valence-corrected chi connectivity index (χ3v) is 6.19. The molecule has 0 atom stereocenters. The lowest BCUT2D eigenvalue weighted by Gasteiger charge is -2.09. The summed E-state index contributed by atoms with van der Waals surface area (Å²) >= 11 is 0. The van der Waals surface area contributed by atoms with Crippen LogP contribution in [0.2, 0.25) is 0 Å². The Hall–Kier alpha value is -4.01. The molecular weight excluding hydrogens is 485 g/mol. The van der Waals surface area contributed by atoms with Gasteiger partial charge in [-0.25, -0.2) is 17.9 Å². The van der Waals surface area contributed by atoms with E-state index in [-0.39, 0.29) is 23.8 Å². The Morgan fingerprint density at radius 2 is 1.25 bits per heavy atom. The van der Waals surface area contributed by atoms with Gasteiger partial charge in [-0.15, -0.1) is 0 Å². The third-order valence-electron chi connectivity index (χ3n) is 5.41. The predicted molar refractivity (Wildman–Crippen MR) is 130 cm³/mol. The Kier molecular flexibility index (Phi) is 8.58. The van der Waals surface area contributed by atoms with Crippen molar-refractivity contribution in [2.75, 3.05) is 6.16 Å². The maximum absolute atomic E-state index is 15.3. The van der Waals surface area contributed by atoms with Crippen LogP contribution >= 0.6 is 7.60 Å². The van der Waals surface area contributed by atoms with Gasteiger partial charge in [-0.2, -0.15) is 10.5 Å².